The lowest BCUT2D eigenvalue weighted by atomic mass is 9.93. The fourth-order valence-electron chi connectivity index (χ4n) is 7.37. The number of nitrogens with zero attached hydrogens (tertiary/aromatic N) is 1. The third-order valence-electron chi connectivity index (χ3n) is 9.15. The average molecular weight is 550 g/mol. The second kappa shape index (κ2) is 8.19. The van der Waals surface area contributed by atoms with E-state index in [1.165, 1.54) is 91.8 Å². The summed E-state index contributed by atoms with van der Waals surface area (Å²) >= 11 is 1.91. The van der Waals surface area contributed by atoms with E-state index in [-0.39, 0.29) is 0 Å². The minimum absolute atomic E-state index is 1.19. The Kier molecular flexibility index (Phi) is 4.39. The SMILES string of the molecule is c1ccc(-n2c3ccc(-c4ccc5c6c(cccc46)-c4ccccc4-5)cc3c3c4sc5ccccc5c4ccc32)cc1. The van der Waals surface area contributed by atoms with Crippen molar-refractivity contribution < 1.29 is 0 Å². The highest BCUT2D eigenvalue weighted by atomic mass is 32.1. The lowest BCUT2D eigenvalue weighted by Crippen LogP contribution is -1.93. The van der Waals surface area contributed by atoms with Crippen molar-refractivity contribution in [2.45, 2.75) is 0 Å². The van der Waals surface area contributed by atoms with Gasteiger partial charge < -0.3 is 4.57 Å². The van der Waals surface area contributed by atoms with Crippen LogP contribution in [-0.4, -0.2) is 4.57 Å². The van der Waals surface area contributed by atoms with Crippen molar-refractivity contribution in [2.24, 2.45) is 0 Å². The molecule has 0 saturated carbocycles. The first-order valence-electron chi connectivity index (χ1n) is 14.4. The first-order chi connectivity index (χ1) is 20.8. The Balaban J connectivity index is 1.31. The summed E-state index contributed by atoms with van der Waals surface area (Å²) < 4.78 is 5.13. The first-order valence-corrected chi connectivity index (χ1v) is 15.3. The van der Waals surface area contributed by atoms with E-state index in [9.17, 15) is 0 Å². The van der Waals surface area contributed by atoms with Gasteiger partial charge >= 0.3 is 0 Å². The topological polar surface area (TPSA) is 4.93 Å². The molecule has 0 unspecified atom stereocenters. The zero-order chi connectivity index (χ0) is 27.4. The van der Waals surface area contributed by atoms with Gasteiger partial charge in [-0.3, -0.25) is 0 Å². The van der Waals surface area contributed by atoms with Gasteiger partial charge in [-0.05, 0) is 80.6 Å². The summed E-state index contributed by atoms with van der Waals surface area (Å²) in [5, 5.41) is 8.00. The van der Waals surface area contributed by atoms with Crippen LogP contribution in [0.2, 0.25) is 0 Å². The molecule has 1 aliphatic rings. The van der Waals surface area contributed by atoms with Gasteiger partial charge in [-0.15, -0.1) is 11.3 Å². The van der Waals surface area contributed by atoms with Crippen LogP contribution >= 0.6 is 11.3 Å². The van der Waals surface area contributed by atoms with Crippen LogP contribution in [0.1, 0.15) is 0 Å². The van der Waals surface area contributed by atoms with Crippen molar-refractivity contribution in [3.8, 4) is 39.1 Å². The molecule has 10 rings (SSSR count). The molecule has 2 heteroatoms. The van der Waals surface area contributed by atoms with Gasteiger partial charge in [0.25, 0.3) is 0 Å². The molecule has 0 aliphatic heterocycles. The van der Waals surface area contributed by atoms with Crippen molar-refractivity contribution >= 4 is 64.1 Å². The molecule has 0 saturated heterocycles. The Labute approximate surface area is 246 Å². The van der Waals surface area contributed by atoms with E-state index in [1.807, 2.05) is 11.3 Å². The highest BCUT2D eigenvalue weighted by molar-refractivity contribution is 7.26. The molecule has 194 valence electrons. The number of hydrogen-bond acceptors (Lipinski definition) is 1. The van der Waals surface area contributed by atoms with Gasteiger partial charge in [0.1, 0.15) is 0 Å². The number of thiophene rings is 1. The predicted molar refractivity (Wildman–Crippen MR) is 181 cm³/mol. The highest BCUT2D eigenvalue weighted by Crippen LogP contribution is 2.50. The normalized spacial score (nSPS) is 12.3. The summed E-state index contributed by atoms with van der Waals surface area (Å²) in [5.41, 5.74) is 11.6. The first kappa shape index (κ1) is 22.5. The van der Waals surface area contributed by atoms with Crippen LogP contribution in [0.25, 0.3) is 91.8 Å². The van der Waals surface area contributed by atoms with Crippen molar-refractivity contribution in [3.05, 3.63) is 140 Å². The molecule has 42 heavy (non-hydrogen) atoms. The molecule has 0 amide bonds. The van der Waals surface area contributed by atoms with E-state index in [4.69, 9.17) is 0 Å². The van der Waals surface area contributed by atoms with E-state index in [0.717, 1.165) is 0 Å². The van der Waals surface area contributed by atoms with Crippen LogP contribution in [-0.2, 0) is 0 Å². The Hall–Kier alpha value is -5.18. The van der Waals surface area contributed by atoms with Crippen LogP contribution in [0.15, 0.2) is 140 Å². The molecule has 0 fully saturated rings. The summed E-state index contributed by atoms with van der Waals surface area (Å²) in [6.45, 7) is 0. The molecule has 0 bridgehead atoms. The minimum atomic E-state index is 1.19. The van der Waals surface area contributed by atoms with Crippen LogP contribution in [0, 0.1) is 0 Å². The zero-order valence-electron chi connectivity index (χ0n) is 22.6. The Bertz CT molecular complexity index is 2530. The molecule has 0 N–H and O–H groups in total. The van der Waals surface area contributed by atoms with Crippen LogP contribution in [0.3, 0.4) is 0 Å². The van der Waals surface area contributed by atoms with Gasteiger partial charge in [-0.25, -0.2) is 0 Å². The van der Waals surface area contributed by atoms with Gasteiger partial charge in [-0.1, -0.05) is 103 Å². The maximum absolute atomic E-state index is 2.44. The molecule has 0 radical (unpaired) electrons. The number of hydrogen-bond donors (Lipinski definition) is 0. The second-order valence-electron chi connectivity index (χ2n) is 11.3. The molecule has 2 aromatic heterocycles. The number of para-hydroxylation sites is 1. The van der Waals surface area contributed by atoms with E-state index < -0.39 is 0 Å². The molecule has 9 aromatic rings. The van der Waals surface area contributed by atoms with Gasteiger partial charge in [0, 0.05) is 36.6 Å². The van der Waals surface area contributed by atoms with Gasteiger partial charge in [0.2, 0.25) is 0 Å². The third kappa shape index (κ3) is 2.87. The molecule has 0 spiro atoms. The molecule has 2 heterocycles. The quantitative estimate of drug-likeness (QED) is 0.202. The fraction of sp³-hybridized carbons (Fsp3) is 0. The van der Waals surface area contributed by atoms with Gasteiger partial charge in [0.05, 0.1) is 11.0 Å². The third-order valence-corrected chi connectivity index (χ3v) is 10.4. The zero-order valence-corrected chi connectivity index (χ0v) is 23.5. The number of benzene rings is 7. The summed E-state index contributed by atoms with van der Waals surface area (Å²) in [6.07, 6.45) is 0. The average Bonchev–Trinajstić information content (AvgIpc) is 3.70. The van der Waals surface area contributed by atoms with Crippen LogP contribution in [0.4, 0.5) is 0 Å². The lowest BCUT2D eigenvalue weighted by molar-refractivity contribution is 1.18. The number of aromatic nitrogens is 1. The molecule has 7 aromatic carbocycles. The summed E-state index contributed by atoms with van der Waals surface area (Å²) in [4.78, 5) is 0. The number of rotatable bonds is 2. The highest BCUT2D eigenvalue weighted by Gasteiger charge is 2.23. The van der Waals surface area contributed by atoms with Gasteiger partial charge in [-0.2, -0.15) is 0 Å². The van der Waals surface area contributed by atoms with Crippen LogP contribution < -0.4 is 0 Å². The number of fused-ring (bicyclic) bond motifs is 10. The monoisotopic (exact) mass is 549 g/mol. The van der Waals surface area contributed by atoms with Crippen molar-refractivity contribution in [1.29, 1.82) is 0 Å². The van der Waals surface area contributed by atoms with E-state index in [2.05, 4.69) is 144 Å². The fourth-order valence-corrected chi connectivity index (χ4v) is 8.63. The Morgan fingerprint density at radius 2 is 1.10 bits per heavy atom. The maximum atomic E-state index is 2.44. The summed E-state index contributed by atoms with van der Waals surface area (Å²) in [5.74, 6) is 0. The Morgan fingerprint density at radius 3 is 1.98 bits per heavy atom. The standard InChI is InChI=1S/C40H23NS/c1-2-9-25(10-3-1)41-35-21-17-24(23-34(35)39-36(41)22-20-33-29-13-6-7-16-37(29)42-40(33)39)26-18-19-32-28-12-5-4-11-27(28)31-15-8-14-30(26)38(31)32/h1-23H. The second-order valence-corrected chi connectivity index (χ2v) is 12.3. The van der Waals surface area contributed by atoms with Crippen molar-refractivity contribution in [2.75, 3.05) is 0 Å². The lowest BCUT2D eigenvalue weighted by Gasteiger charge is -2.11. The van der Waals surface area contributed by atoms with E-state index in [1.54, 1.807) is 0 Å². The smallest absolute Gasteiger partial charge is 0.0555 e. The molecular weight excluding hydrogens is 527 g/mol. The molecule has 1 aliphatic carbocycles. The minimum Gasteiger partial charge on any atom is -0.309 e. The predicted octanol–water partition coefficient (Wildman–Crippen LogP) is 11.6. The maximum Gasteiger partial charge on any atom is 0.0555 e. The molecule has 1 nitrogen and oxygen atoms in total. The summed E-state index contributed by atoms with van der Waals surface area (Å²) in [6, 6.07) is 51.5. The largest absolute Gasteiger partial charge is 0.309 e. The van der Waals surface area contributed by atoms with Crippen molar-refractivity contribution in [3.63, 3.8) is 0 Å². The molecular formula is C40H23NS. The van der Waals surface area contributed by atoms with Crippen LogP contribution in [0.5, 0.6) is 0 Å². The Morgan fingerprint density at radius 1 is 0.405 bits per heavy atom. The van der Waals surface area contributed by atoms with E-state index >= 15 is 0 Å². The van der Waals surface area contributed by atoms with Gasteiger partial charge in [0.15, 0.2) is 0 Å². The summed E-state index contributed by atoms with van der Waals surface area (Å²) in [7, 11) is 0. The van der Waals surface area contributed by atoms with E-state index in [0.29, 0.717) is 0 Å². The van der Waals surface area contributed by atoms with Crippen molar-refractivity contribution in [1.82, 2.24) is 4.57 Å². The molecule has 0 atom stereocenters.